The van der Waals surface area contributed by atoms with Gasteiger partial charge in [0.2, 0.25) is 10.0 Å². The molecular weight excluding hydrogens is 270 g/mol. The number of alkyl halides is 1. The maximum atomic E-state index is 11.7. The molecule has 0 radical (unpaired) electrons. The Kier molecular flexibility index (Phi) is 5.71. The van der Waals surface area contributed by atoms with E-state index in [1.165, 1.54) is 11.3 Å². The molecule has 0 aliphatic heterocycles. The monoisotopic (exact) mass is 283 g/mol. The number of hydrogen-bond acceptors (Lipinski definition) is 4. The fraction of sp³-hybridized carbons (Fsp3) is 0.556. The van der Waals surface area contributed by atoms with Crippen molar-refractivity contribution in [1.82, 2.24) is 4.72 Å². The summed E-state index contributed by atoms with van der Waals surface area (Å²) in [4.78, 5) is 0.971. The van der Waals surface area contributed by atoms with E-state index in [-0.39, 0.29) is 6.54 Å². The zero-order chi connectivity index (χ0) is 12.0. The molecule has 1 aromatic rings. The molecular formula is C9H14ClNO3S2. The highest BCUT2D eigenvalue weighted by molar-refractivity contribution is 7.91. The van der Waals surface area contributed by atoms with Crippen molar-refractivity contribution in [2.45, 2.75) is 11.1 Å². The zero-order valence-corrected chi connectivity index (χ0v) is 11.3. The van der Waals surface area contributed by atoms with Crippen molar-refractivity contribution in [2.75, 3.05) is 25.6 Å². The summed E-state index contributed by atoms with van der Waals surface area (Å²) in [5.74, 6) is 0.414. The van der Waals surface area contributed by atoms with Gasteiger partial charge in [0.05, 0.1) is 13.2 Å². The largest absolute Gasteiger partial charge is 0.379 e. The number of hydrogen-bond donors (Lipinski definition) is 1. The normalized spacial score (nSPS) is 11.9. The van der Waals surface area contributed by atoms with Gasteiger partial charge in [0.25, 0.3) is 0 Å². The summed E-state index contributed by atoms with van der Waals surface area (Å²) in [6, 6.07) is 3.38. The number of thiophene rings is 1. The van der Waals surface area contributed by atoms with Crippen LogP contribution >= 0.6 is 22.9 Å². The van der Waals surface area contributed by atoms with Crippen molar-refractivity contribution >= 4 is 33.0 Å². The Hall–Kier alpha value is -0.140. The highest BCUT2D eigenvalue weighted by Gasteiger charge is 2.14. The van der Waals surface area contributed by atoms with Crippen LogP contribution in [-0.2, 0) is 14.8 Å². The van der Waals surface area contributed by atoms with Crippen molar-refractivity contribution < 1.29 is 13.2 Å². The number of aryl methyl sites for hydroxylation is 1. The SMILES string of the molecule is Cc1ccc(S(=O)(=O)NCCOCCCl)s1. The minimum Gasteiger partial charge on any atom is -0.379 e. The molecule has 0 aromatic carbocycles. The van der Waals surface area contributed by atoms with Crippen molar-refractivity contribution in [1.29, 1.82) is 0 Å². The third kappa shape index (κ3) is 4.39. The van der Waals surface area contributed by atoms with Gasteiger partial charge < -0.3 is 4.74 Å². The molecule has 0 amide bonds. The number of sulfonamides is 1. The molecule has 0 unspecified atom stereocenters. The van der Waals surface area contributed by atoms with E-state index < -0.39 is 10.0 Å². The molecule has 1 rings (SSSR count). The number of rotatable bonds is 7. The summed E-state index contributed by atoms with van der Waals surface area (Å²) in [7, 11) is -3.37. The topological polar surface area (TPSA) is 55.4 Å². The summed E-state index contributed by atoms with van der Waals surface area (Å²) in [6.07, 6.45) is 0. The standard InChI is InChI=1S/C9H14ClNO3S2/c1-8-2-3-9(15-8)16(12,13)11-5-7-14-6-4-10/h2-3,11H,4-7H2,1H3. The average Bonchev–Trinajstić information content (AvgIpc) is 2.65. The van der Waals surface area contributed by atoms with Crippen LogP contribution in [0, 0.1) is 6.92 Å². The quantitative estimate of drug-likeness (QED) is 0.611. The molecule has 16 heavy (non-hydrogen) atoms. The first kappa shape index (κ1) is 13.9. The Morgan fingerprint density at radius 1 is 1.44 bits per heavy atom. The Balaban J connectivity index is 2.41. The summed E-state index contributed by atoms with van der Waals surface area (Å²) < 4.78 is 31.3. The van der Waals surface area contributed by atoms with Crippen LogP contribution in [0.4, 0.5) is 0 Å². The van der Waals surface area contributed by atoms with Gasteiger partial charge in [0, 0.05) is 17.3 Å². The molecule has 0 saturated carbocycles. The van der Waals surface area contributed by atoms with Gasteiger partial charge in [0.1, 0.15) is 4.21 Å². The zero-order valence-electron chi connectivity index (χ0n) is 8.90. The lowest BCUT2D eigenvalue weighted by molar-refractivity contribution is 0.155. The van der Waals surface area contributed by atoms with E-state index in [9.17, 15) is 8.42 Å². The molecule has 0 fully saturated rings. The second-order valence-electron chi connectivity index (χ2n) is 3.06. The van der Waals surface area contributed by atoms with Gasteiger partial charge in [-0.05, 0) is 19.1 Å². The fourth-order valence-electron chi connectivity index (χ4n) is 1.03. The molecule has 0 spiro atoms. The minimum atomic E-state index is -3.37. The number of nitrogens with one attached hydrogen (secondary N) is 1. The lowest BCUT2D eigenvalue weighted by atomic mass is 10.5. The van der Waals surface area contributed by atoms with Crippen LogP contribution in [-0.4, -0.2) is 34.1 Å². The molecule has 0 bridgehead atoms. The van der Waals surface area contributed by atoms with Gasteiger partial charge >= 0.3 is 0 Å². The molecule has 1 aromatic heterocycles. The van der Waals surface area contributed by atoms with Gasteiger partial charge in [-0.15, -0.1) is 22.9 Å². The first-order valence-electron chi connectivity index (χ1n) is 4.76. The van der Waals surface area contributed by atoms with E-state index in [0.717, 1.165) is 4.88 Å². The van der Waals surface area contributed by atoms with Crippen molar-refractivity contribution in [3.63, 3.8) is 0 Å². The molecule has 1 heterocycles. The maximum absolute atomic E-state index is 11.7. The molecule has 0 aliphatic carbocycles. The predicted octanol–water partition coefficient (Wildman–Crippen LogP) is 1.59. The van der Waals surface area contributed by atoms with E-state index in [2.05, 4.69) is 4.72 Å². The summed E-state index contributed by atoms with van der Waals surface area (Å²) in [6.45, 7) is 2.89. The number of halogens is 1. The van der Waals surface area contributed by atoms with Crippen molar-refractivity contribution in [3.05, 3.63) is 17.0 Å². The van der Waals surface area contributed by atoms with E-state index >= 15 is 0 Å². The Labute approximate surface area is 105 Å². The maximum Gasteiger partial charge on any atom is 0.250 e. The third-order valence-corrected chi connectivity index (χ3v) is 4.85. The highest BCUT2D eigenvalue weighted by atomic mass is 35.5. The van der Waals surface area contributed by atoms with E-state index in [1.807, 2.05) is 6.92 Å². The van der Waals surface area contributed by atoms with Crippen LogP contribution in [0.25, 0.3) is 0 Å². The van der Waals surface area contributed by atoms with Gasteiger partial charge in [0.15, 0.2) is 0 Å². The van der Waals surface area contributed by atoms with E-state index in [0.29, 0.717) is 23.3 Å². The second kappa shape index (κ2) is 6.56. The Morgan fingerprint density at radius 3 is 2.75 bits per heavy atom. The molecule has 1 N–H and O–H groups in total. The predicted molar refractivity (Wildman–Crippen MR) is 65.8 cm³/mol. The Bertz CT molecular complexity index is 416. The summed E-state index contributed by atoms with van der Waals surface area (Å²) >= 11 is 6.66. The average molecular weight is 284 g/mol. The molecule has 7 heteroatoms. The van der Waals surface area contributed by atoms with E-state index in [4.69, 9.17) is 16.3 Å². The van der Waals surface area contributed by atoms with Gasteiger partial charge in [-0.25, -0.2) is 13.1 Å². The molecule has 0 aliphatic rings. The first-order chi connectivity index (χ1) is 7.56. The molecule has 0 saturated heterocycles. The molecule has 4 nitrogen and oxygen atoms in total. The van der Waals surface area contributed by atoms with Crippen LogP contribution < -0.4 is 4.72 Å². The van der Waals surface area contributed by atoms with Gasteiger partial charge in [-0.1, -0.05) is 0 Å². The number of ether oxygens (including phenoxy) is 1. The van der Waals surface area contributed by atoms with Crippen LogP contribution in [0.3, 0.4) is 0 Å². The molecule has 92 valence electrons. The van der Waals surface area contributed by atoms with Crippen LogP contribution in [0.5, 0.6) is 0 Å². The van der Waals surface area contributed by atoms with Gasteiger partial charge in [-0.2, -0.15) is 0 Å². The first-order valence-corrected chi connectivity index (χ1v) is 7.59. The van der Waals surface area contributed by atoms with Crippen LogP contribution in [0.15, 0.2) is 16.3 Å². The molecule has 0 atom stereocenters. The van der Waals surface area contributed by atoms with Gasteiger partial charge in [-0.3, -0.25) is 0 Å². The smallest absolute Gasteiger partial charge is 0.250 e. The van der Waals surface area contributed by atoms with E-state index in [1.54, 1.807) is 12.1 Å². The lowest BCUT2D eigenvalue weighted by Gasteiger charge is -2.04. The van der Waals surface area contributed by atoms with Crippen molar-refractivity contribution in [2.24, 2.45) is 0 Å². The highest BCUT2D eigenvalue weighted by Crippen LogP contribution is 2.19. The second-order valence-corrected chi connectivity index (χ2v) is 6.72. The third-order valence-electron chi connectivity index (χ3n) is 1.74. The minimum absolute atomic E-state index is 0.260. The van der Waals surface area contributed by atoms with Crippen LogP contribution in [0.1, 0.15) is 4.88 Å². The fourth-order valence-corrected chi connectivity index (χ4v) is 3.48. The Morgan fingerprint density at radius 2 is 2.19 bits per heavy atom. The van der Waals surface area contributed by atoms with Crippen LogP contribution in [0.2, 0.25) is 0 Å². The summed E-state index contributed by atoms with van der Waals surface area (Å²) in [5.41, 5.74) is 0. The van der Waals surface area contributed by atoms with Crippen molar-refractivity contribution in [3.8, 4) is 0 Å². The summed E-state index contributed by atoms with van der Waals surface area (Å²) in [5, 5.41) is 0. The lowest BCUT2D eigenvalue weighted by Crippen LogP contribution is -2.27.